The first-order valence-electron chi connectivity index (χ1n) is 19.5. The molecule has 3 nitrogen and oxygen atoms in total. The fourth-order valence-corrected chi connectivity index (χ4v) is 5.92. The zero-order valence-electron chi connectivity index (χ0n) is 29.2. The van der Waals surface area contributed by atoms with Crippen LogP contribution in [0.25, 0.3) is 0 Å². The molecule has 0 saturated heterocycles. The maximum absolute atomic E-state index is 11.9. The highest BCUT2D eigenvalue weighted by Gasteiger charge is 2.03. The molecular formula is C39H78O3. The molecule has 0 aromatic carbocycles. The second-order valence-corrected chi connectivity index (χ2v) is 13.3. The Kier molecular flexibility index (Phi) is 38.2. The molecule has 0 spiro atoms. The number of rotatable bonds is 38. The van der Waals surface area contributed by atoms with Crippen LogP contribution in [0.5, 0.6) is 0 Å². The summed E-state index contributed by atoms with van der Waals surface area (Å²) in [6.07, 6.45) is 44.1. The van der Waals surface area contributed by atoms with Crippen LogP contribution in [0.1, 0.15) is 219 Å². The summed E-state index contributed by atoms with van der Waals surface area (Å²) < 4.78 is 11.1. The molecule has 0 N–H and O–H groups in total. The number of hydrogen-bond acceptors (Lipinski definition) is 3. The van der Waals surface area contributed by atoms with E-state index in [0.717, 1.165) is 12.8 Å². The van der Waals surface area contributed by atoms with E-state index in [0.29, 0.717) is 13.2 Å². The molecule has 0 amide bonds. The Morgan fingerprint density at radius 1 is 0.310 bits per heavy atom. The molecule has 0 aliphatic rings. The first kappa shape index (κ1) is 41.6. The number of unbranched alkanes of at least 4 members (excludes halogenated alkanes) is 30. The van der Waals surface area contributed by atoms with Crippen molar-refractivity contribution in [2.75, 3.05) is 26.4 Å². The van der Waals surface area contributed by atoms with Gasteiger partial charge in [0.05, 0.1) is 0 Å². The van der Waals surface area contributed by atoms with Gasteiger partial charge in [0.15, 0.2) is 5.78 Å². The molecular weight excluding hydrogens is 516 g/mol. The number of hydrogen-bond donors (Lipinski definition) is 0. The van der Waals surface area contributed by atoms with Crippen LogP contribution in [0.15, 0.2) is 0 Å². The number of ketones is 1. The van der Waals surface area contributed by atoms with E-state index in [1.165, 1.54) is 193 Å². The second-order valence-electron chi connectivity index (χ2n) is 13.3. The lowest BCUT2D eigenvalue weighted by Gasteiger charge is -2.06. The average molecular weight is 595 g/mol. The van der Waals surface area contributed by atoms with Gasteiger partial charge in [0.2, 0.25) is 0 Å². The monoisotopic (exact) mass is 595 g/mol. The smallest absolute Gasteiger partial charge is 0.183 e. The van der Waals surface area contributed by atoms with Crippen LogP contribution in [0, 0.1) is 0 Å². The summed E-state index contributed by atoms with van der Waals surface area (Å²) in [6, 6.07) is 0. The summed E-state index contributed by atoms with van der Waals surface area (Å²) >= 11 is 0. The molecule has 0 aromatic heterocycles. The van der Waals surface area contributed by atoms with Crippen LogP contribution >= 0.6 is 0 Å². The molecule has 252 valence electrons. The molecule has 0 bridgehead atoms. The van der Waals surface area contributed by atoms with Crippen molar-refractivity contribution in [1.29, 1.82) is 0 Å². The molecule has 0 aromatic rings. The van der Waals surface area contributed by atoms with Crippen molar-refractivity contribution in [2.24, 2.45) is 0 Å². The Morgan fingerprint density at radius 3 is 0.714 bits per heavy atom. The lowest BCUT2D eigenvalue weighted by molar-refractivity contribution is -0.128. The second kappa shape index (κ2) is 38.6. The van der Waals surface area contributed by atoms with Gasteiger partial charge in [-0.3, -0.25) is 4.79 Å². The molecule has 0 fully saturated rings. The maximum Gasteiger partial charge on any atom is 0.183 e. The van der Waals surface area contributed by atoms with Crippen LogP contribution in [0.4, 0.5) is 0 Å². The largest absolute Gasteiger partial charge is 0.374 e. The van der Waals surface area contributed by atoms with Crippen LogP contribution in [-0.2, 0) is 14.3 Å². The predicted molar refractivity (Wildman–Crippen MR) is 186 cm³/mol. The molecule has 0 atom stereocenters. The summed E-state index contributed by atoms with van der Waals surface area (Å²) in [6.45, 7) is 6.44. The number of carbonyl (C=O) groups is 1. The van der Waals surface area contributed by atoms with Gasteiger partial charge in [-0.15, -0.1) is 0 Å². The van der Waals surface area contributed by atoms with Crippen molar-refractivity contribution >= 4 is 5.78 Å². The summed E-state index contributed by atoms with van der Waals surface area (Å²) in [5.74, 6) is 0.0861. The fraction of sp³-hybridized carbons (Fsp3) is 0.974. The maximum atomic E-state index is 11.9. The summed E-state index contributed by atoms with van der Waals surface area (Å²) in [4.78, 5) is 11.9. The third-order valence-corrected chi connectivity index (χ3v) is 8.81. The van der Waals surface area contributed by atoms with Crippen molar-refractivity contribution in [3.63, 3.8) is 0 Å². The highest BCUT2D eigenvalue weighted by molar-refractivity contribution is 5.80. The van der Waals surface area contributed by atoms with Gasteiger partial charge in [0.1, 0.15) is 13.2 Å². The van der Waals surface area contributed by atoms with Gasteiger partial charge in [-0.1, -0.05) is 206 Å². The SMILES string of the molecule is CCCCCCCCCCCCCCCCCCOCC(=O)COCCCCCCCCCCCCCCCCCC. The molecule has 0 aliphatic heterocycles. The van der Waals surface area contributed by atoms with Crippen LogP contribution in [0.3, 0.4) is 0 Å². The highest BCUT2D eigenvalue weighted by atomic mass is 16.5. The molecule has 0 unspecified atom stereocenters. The van der Waals surface area contributed by atoms with Crippen molar-refractivity contribution < 1.29 is 14.3 Å². The minimum absolute atomic E-state index is 0.0861. The summed E-state index contributed by atoms with van der Waals surface area (Å²) in [7, 11) is 0. The van der Waals surface area contributed by atoms with E-state index in [1.54, 1.807) is 0 Å². The zero-order chi connectivity index (χ0) is 30.4. The minimum atomic E-state index is 0.0861. The van der Waals surface area contributed by atoms with E-state index >= 15 is 0 Å². The molecule has 0 radical (unpaired) electrons. The minimum Gasteiger partial charge on any atom is -0.374 e. The van der Waals surface area contributed by atoms with Crippen molar-refractivity contribution in [1.82, 2.24) is 0 Å². The van der Waals surface area contributed by atoms with Crippen molar-refractivity contribution in [2.45, 2.75) is 219 Å². The Balaban J connectivity index is 3.14. The van der Waals surface area contributed by atoms with Gasteiger partial charge < -0.3 is 9.47 Å². The summed E-state index contributed by atoms with van der Waals surface area (Å²) in [5, 5.41) is 0. The molecule has 3 heteroatoms. The van der Waals surface area contributed by atoms with Gasteiger partial charge in [-0.2, -0.15) is 0 Å². The van der Waals surface area contributed by atoms with Gasteiger partial charge in [-0.05, 0) is 12.8 Å². The third-order valence-electron chi connectivity index (χ3n) is 8.81. The fourth-order valence-electron chi connectivity index (χ4n) is 5.92. The lowest BCUT2D eigenvalue weighted by atomic mass is 10.0. The normalized spacial score (nSPS) is 11.5. The van der Waals surface area contributed by atoms with E-state index in [2.05, 4.69) is 13.8 Å². The third kappa shape index (κ3) is 37.6. The first-order chi connectivity index (χ1) is 20.8. The van der Waals surface area contributed by atoms with E-state index in [1.807, 2.05) is 0 Å². The van der Waals surface area contributed by atoms with Gasteiger partial charge in [0, 0.05) is 13.2 Å². The van der Waals surface area contributed by atoms with E-state index in [-0.39, 0.29) is 19.0 Å². The van der Waals surface area contributed by atoms with Crippen LogP contribution < -0.4 is 0 Å². The highest BCUT2D eigenvalue weighted by Crippen LogP contribution is 2.15. The van der Waals surface area contributed by atoms with E-state index in [4.69, 9.17) is 9.47 Å². The van der Waals surface area contributed by atoms with Crippen LogP contribution in [-0.4, -0.2) is 32.2 Å². The Bertz CT molecular complexity index is 450. The Morgan fingerprint density at radius 2 is 0.500 bits per heavy atom. The molecule has 0 aliphatic carbocycles. The zero-order valence-corrected chi connectivity index (χ0v) is 29.2. The average Bonchev–Trinajstić information content (AvgIpc) is 3.00. The van der Waals surface area contributed by atoms with Gasteiger partial charge in [0.25, 0.3) is 0 Å². The first-order valence-corrected chi connectivity index (χ1v) is 19.5. The molecule has 0 rings (SSSR count). The number of Topliss-reactive ketones (excluding diaryl/α,β-unsaturated/α-hetero) is 1. The topological polar surface area (TPSA) is 35.5 Å². The quantitative estimate of drug-likeness (QED) is 0.0667. The predicted octanol–water partition coefficient (Wildman–Crippen LogP) is 13.1. The number of ether oxygens (including phenoxy) is 2. The van der Waals surface area contributed by atoms with Crippen LogP contribution in [0.2, 0.25) is 0 Å². The van der Waals surface area contributed by atoms with Crippen molar-refractivity contribution in [3.8, 4) is 0 Å². The molecule has 0 heterocycles. The number of carbonyl (C=O) groups excluding carboxylic acids is 1. The standard InChI is InChI=1S/C39H78O3/c1-3-5-7-9-11-13-15-17-19-21-23-25-27-29-31-33-35-41-37-39(40)38-42-36-34-32-30-28-26-24-22-20-18-16-14-12-10-8-6-4-2/h3-38H2,1-2H3. The van der Waals surface area contributed by atoms with Gasteiger partial charge in [-0.25, -0.2) is 0 Å². The van der Waals surface area contributed by atoms with E-state index in [9.17, 15) is 4.79 Å². The van der Waals surface area contributed by atoms with Gasteiger partial charge >= 0.3 is 0 Å². The summed E-state index contributed by atoms with van der Waals surface area (Å²) in [5.41, 5.74) is 0. The Hall–Kier alpha value is -0.410. The Labute approximate surface area is 265 Å². The van der Waals surface area contributed by atoms with E-state index < -0.39 is 0 Å². The van der Waals surface area contributed by atoms with Crippen molar-refractivity contribution in [3.05, 3.63) is 0 Å². The molecule has 42 heavy (non-hydrogen) atoms. The molecule has 0 saturated carbocycles. The lowest BCUT2D eigenvalue weighted by Crippen LogP contribution is -2.16.